The third-order valence-corrected chi connectivity index (χ3v) is 3.88. The summed E-state index contributed by atoms with van der Waals surface area (Å²) in [5.74, 6) is -0.604. The fourth-order valence-corrected chi connectivity index (χ4v) is 3.02. The zero-order chi connectivity index (χ0) is 14.6. The van der Waals surface area contributed by atoms with Gasteiger partial charge in [-0.15, -0.1) is 0 Å². The summed E-state index contributed by atoms with van der Waals surface area (Å²) < 4.78 is 29.6. The largest absolute Gasteiger partial charge is 0.464 e. The van der Waals surface area contributed by atoms with Crippen LogP contribution in [0.3, 0.4) is 0 Å². The summed E-state index contributed by atoms with van der Waals surface area (Å²) in [6, 6.07) is 5.35. The van der Waals surface area contributed by atoms with Crippen LogP contribution in [0, 0.1) is 0 Å². The van der Waals surface area contributed by atoms with Crippen LogP contribution < -0.4 is 4.31 Å². The fraction of sp³-hybridized carbons (Fsp3) is 0.417. The number of halogens is 1. The van der Waals surface area contributed by atoms with Gasteiger partial charge in [0.2, 0.25) is 10.0 Å². The predicted molar refractivity (Wildman–Crippen MR) is 74.9 cm³/mol. The van der Waals surface area contributed by atoms with E-state index in [0.717, 1.165) is 10.6 Å². The van der Waals surface area contributed by atoms with Crippen molar-refractivity contribution >= 4 is 33.3 Å². The first-order chi connectivity index (χ1) is 8.77. The summed E-state index contributed by atoms with van der Waals surface area (Å²) in [5, 5.41) is 0.391. The Morgan fingerprint density at radius 2 is 2.11 bits per heavy atom. The van der Waals surface area contributed by atoms with Crippen molar-refractivity contribution < 1.29 is 17.9 Å². The second-order valence-corrected chi connectivity index (χ2v) is 6.26. The molecule has 0 N–H and O–H groups in total. The molecule has 0 heterocycles. The Bertz CT molecular complexity index is 559. The van der Waals surface area contributed by atoms with Crippen LogP contribution in [0.4, 0.5) is 5.69 Å². The molecule has 0 radical (unpaired) electrons. The van der Waals surface area contributed by atoms with Gasteiger partial charge in [-0.1, -0.05) is 17.7 Å². The summed E-state index contributed by atoms with van der Waals surface area (Å²) in [4.78, 5) is 11.7. The minimum atomic E-state index is -3.62. The molecular weight excluding hydrogens is 290 g/mol. The van der Waals surface area contributed by atoms with Crippen LogP contribution in [0.5, 0.6) is 0 Å². The van der Waals surface area contributed by atoms with E-state index in [1.165, 1.54) is 13.0 Å². The van der Waals surface area contributed by atoms with E-state index in [-0.39, 0.29) is 6.61 Å². The van der Waals surface area contributed by atoms with Gasteiger partial charge in [0.1, 0.15) is 6.04 Å². The number of carbonyl (C=O) groups excluding carboxylic acids is 1. The second kappa shape index (κ2) is 6.25. The Morgan fingerprint density at radius 3 is 2.58 bits per heavy atom. The SMILES string of the molecule is CCOC(=O)[C@H](C)N(c1cccc(Cl)c1)S(C)(=O)=O. The lowest BCUT2D eigenvalue weighted by molar-refractivity contribution is -0.144. The Hall–Kier alpha value is -1.27. The van der Waals surface area contributed by atoms with Gasteiger partial charge in [0, 0.05) is 5.02 Å². The number of hydrogen-bond donors (Lipinski definition) is 0. The maximum atomic E-state index is 11.9. The normalized spacial score (nSPS) is 12.8. The molecule has 0 aliphatic carbocycles. The van der Waals surface area contributed by atoms with Crippen LogP contribution in [0.25, 0.3) is 0 Å². The number of sulfonamides is 1. The Morgan fingerprint density at radius 1 is 1.47 bits per heavy atom. The topological polar surface area (TPSA) is 63.7 Å². The maximum Gasteiger partial charge on any atom is 0.329 e. The van der Waals surface area contributed by atoms with Crippen LogP contribution in [0.2, 0.25) is 5.02 Å². The zero-order valence-corrected chi connectivity index (χ0v) is 12.5. The van der Waals surface area contributed by atoms with Gasteiger partial charge in [0.25, 0.3) is 0 Å². The van der Waals surface area contributed by atoms with Crippen molar-refractivity contribution in [1.29, 1.82) is 0 Å². The predicted octanol–water partition coefficient (Wildman–Crippen LogP) is 2.06. The number of hydrogen-bond acceptors (Lipinski definition) is 4. The molecule has 7 heteroatoms. The Kier molecular flexibility index (Phi) is 5.20. The number of esters is 1. The summed E-state index contributed by atoms with van der Waals surface area (Å²) in [5.41, 5.74) is 0.329. The zero-order valence-electron chi connectivity index (χ0n) is 11.0. The van der Waals surface area contributed by atoms with E-state index in [4.69, 9.17) is 16.3 Å². The van der Waals surface area contributed by atoms with Gasteiger partial charge in [-0.25, -0.2) is 13.2 Å². The molecule has 0 aromatic heterocycles. The molecule has 5 nitrogen and oxygen atoms in total. The van der Waals surface area contributed by atoms with E-state index in [1.807, 2.05) is 0 Å². The van der Waals surface area contributed by atoms with E-state index in [0.29, 0.717) is 10.7 Å². The number of anilines is 1. The van der Waals surface area contributed by atoms with Crippen molar-refractivity contribution in [2.24, 2.45) is 0 Å². The molecule has 0 amide bonds. The van der Waals surface area contributed by atoms with Crippen molar-refractivity contribution in [2.75, 3.05) is 17.2 Å². The highest BCUT2D eigenvalue weighted by atomic mass is 35.5. The van der Waals surface area contributed by atoms with Crippen LogP contribution >= 0.6 is 11.6 Å². The molecule has 0 bridgehead atoms. The first-order valence-electron chi connectivity index (χ1n) is 5.69. The van der Waals surface area contributed by atoms with Crippen LogP contribution in [0.15, 0.2) is 24.3 Å². The molecular formula is C12H16ClNO4S. The monoisotopic (exact) mass is 305 g/mol. The van der Waals surface area contributed by atoms with Gasteiger partial charge in [-0.3, -0.25) is 4.31 Å². The molecule has 0 saturated heterocycles. The third kappa shape index (κ3) is 4.11. The van der Waals surface area contributed by atoms with E-state index in [9.17, 15) is 13.2 Å². The standard InChI is InChI=1S/C12H16ClNO4S/c1-4-18-12(15)9(2)14(19(3,16)17)11-7-5-6-10(13)8-11/h5-9H,4H2,1-3H3/t9-/m0/s1. The van der Waals surface area contributed by atoms with Gasteiger partial charge in [-0.2, -0.15) is 0 Å². The molecule has 0 aliphatic rings. The lowest BCUT2D eigenvalue weighted by Gasteiger charge is -2.27. The highest BCUT2D eigenvalue weighted by Crippen LogP contribution is 2.24. The molecule has 19 heavy (non-hydrogen) atoms. The quantitative estimate of drug-likeness (QED) is 0.781. The Labute approximate surface area is 118 Å². The van der Waals surface area contributed by atoms with Gasteiger partial charge >= 0.3 is 5.97 Å². The molecule has 0 spiro atoms. The summed E-state index contributed by atoms with van der Waals surface area (Å²) in [6.45, 7) is 3.32. The first-order valence-corrected chi connectivity index (χ1v) is 7.91. The smallest absolute Gasteiger partial charge is 0.329 e. The molecule has 1 rings (SSSR count). The average molecular weight is 306 g/mol. The fourth-order valence-electron chi connectivity index (χ4n) is 1.67. The van der Waals surface area contributed by atoms with Crippen molar-refractivity contribution in [2.45, 2.75) is 19.9 Å². The summed E-state index contributed by atoms with van der Waals surface area (Å²) in [7, 11) is -3.62. The molecule has 1 aromatic carbocycles. The average Bonchev–Trinajstić information content (AvgIpc) is 2.27. The van der Waals surface area contributed by atoms with Gasteiger partial charge in [-0.05, 0) is 32.0 Å². The molecule has 106 valence electrons. The van der Waals surface area contributed by atoms with Crippen LogP contribution in [-0.2, 0) is 19.6 Å². The molecule has 1 aromatic rings. The minimum Gasteiger partial charge on any atom is -0.464 e. The number of carbonyl (C=O) groups is 1. The highest BCUT2D eigenvalue weighted by Gasteiger charge is 2.30. The number of benzene rings is 1. The minimum absolute atomic E-state index is 0.191. The Balaban J connectivity index is 3.20. The number of rotatable bonds is 5. The van der Waals surface area contributed by atoms with Crippen molar-refractivity contribution in [3.63, 3.8) is 0 Å². The van der Waals surface area contributed by atoms with Gasteiger partial charge in [0.15, 0.2) is 0 Å². The summed E-state index contributed by atoms with van der Waals surface area (Å²) in [6.07, 6.45) is 1.03. The molecule has 0 saturated carbocycles. The van der Waals surface area contributed by atoms with Gasteiger partial charge in [0.05, 0.1) is 18.6 Å². The number of nitrogens with zero attached hydrogens (tertiary/aromatic N) is 1. The maximum absolute atomic E-state index is 11.9. The lowest BCUT2D eigenvalue weighted by atomic mass is 10.2. The number of ether oxygens (including phenoxy) is 1. The van der Waals surface area contributed by atoms with Crippen LogP contribution in [-0.4, -0.2) is 33.3 Å². The van der Waals surface area contributed by atoms with Gasteiger partial charge < -0.3 is 4.74 Å². The van der Waals surface area contributed by atoms with E-state index < -0.39 is 22.0 Å². The van der Waals surface area contributed by atoms with E-state index >= 15 is 0 Å². The van der Waals surface area contributed by atoms with Crippen molar-refractivity contribution in [1.82, 2.24) is 0 Å². The highest BCUT2D eigenvalue weighted by molar-refractivity contribution is 7.92. The van der Waals surface area contributed by atoms with Crippen molar-refractivity contribution in [3.8, 4) is 0 Å². The lowest BCUT2D eigenvalue weighted by Crippen LogP contribution is -2.43. The molecule has 1 atom stereocenters. The first kappa shape index (κ1) is 15.8. The molecule has 0 aliphatic heterocycles. The molecule has 0 unspecified atom stereocenters. The summed E-state index contributed by atoms with van der Waals surface area (Å²) >= 11 is 5.85. The third-order valence-electron chi connectivity index (χ3n) is 2.40. The second-order valence-electron chi connectivity index (χ2n) is 3.97. The van der Waals surface area contributed by atoms with E-state index in [1.54, 1.807) is 25.1 Å². The van der Waals surface area contributed by atoms with Crippen LogP contribution in [0.1, 0.15) is 13.8 Å². The van der Waals surface area contributed by atoms with Crippen molar-refractivity contribution in [3.05, 3.63) is 29.3 Å². The molecule has 0 fully saturated rings. The van der Waals surface area contributed by atoms with E-state index in [2.05, 4.69) is 0 Å².